The first-order valence-corrected chi connectivity index (χ1v) is 7.71. The van der Waals surface area contributed by atoms with Crippen LogP contribution in [0.4, 0.5) is 13.2 Å². The molecule has 2 N–H and O–H groups in total. The van der Waals surface area contributed by atoms with E-state index in [1.807, 2.05) is 0 Å². The fraction of sp³-hybridized carbons (Fsp3) is 0.500. The van der Waals surface area contributed by atoms with Crippen molar-refractivity contribution in [3.8, 4) is 5.75 Å². The van der Waals surface area contributed by atoms with Gasteiger partial charge in [0.25, 0.3) is 0 Å². The SMILES string of the molecule is O=C(O)C[C@@H](NC(=O)C[C@@H]1CCCO1)c1ccc(OC(F)(F)F)cc1. The second-order valence-electron chi connectivity index (χ2n) is 5.67. The lowest BCUT2D eigenvalue weighted by Crippen LogP contribution is -2.32. The third-order valence-electron chi connectivity index (χ3n) is 3.67. The molecular formula is C16H18F3NO5. The zero-order chi connectivity index (χ0) is 18.4. The molecule has 0 bridgehead atoms. The van der Waals surface area contributed by atoms with E-state index in [-0.39, 0.29) is 18.4 Å². The minimum absolute atomic E-state index is 0.116. The predicted molar refractivity (Wildman–Crippen MR) is 79.9 cm³/mol. The van der Waals surface area contributed by atoms with Gasteiger partial charge in [-0.15, -0.1) is 13.2 Å². The standard InChI is InChI=1S/C16H18F3NO5/c17-16(18,19)25-11-5-3-10(4-6-11)13(9-15(22)23)20-14(21)8-12-2-1-7-24-12/h3-6,12-13H,1-2,7-9H2,(H,20,21)(H,22,23)/t12-,13+/m0/s1. The van der Waals surface area contributed by atoms with Gasteiger partial charge in [0.15, 0.2) is 0 Å². The lowest BCUT2D eigenvalue weighted by molar-refractivity contribution is -0.274. The number of benzene rings is 1. The van der Waals surface area contributed by atoms with Crippen LogP contribution in [0.2, 0.25) is 0 Å². The second-order valence-corrected chi connectivity index (χ2v) is 5.67. The second kappa shape index (κ2) is 8.19. The van der Waals surface area contributed by atoms with Gasteiger partial charge in [-0.1, -0.05) is 12.1 Å². The zero-order valence-electron chi connectivity index (χ0n) is 13.2. The van der Waals surface area contributed by atoms with Crippen LogP contribution in [0, 0.1) is 0 Å². The number of alkyl halides is 3. The van der Waals surface area contributed by atoms with Crippen molar-refractivity contribution in [3.63, 3.8) is 0 Å². The van der Waals surface area contributed by atoms with Crippen LogP contribution in [0.25, 0.3) is 0 Å². The summed E-state index contributed by atoms with van der Waals surface area (Å²) >= 11 is 0. The van der Waals surface area contributed by atoms with Gasteiger partial charge in [-0.25, -0.2) is 0 Å². The fourth-order valence-corrected chi connectivity index (χ4v) is 2.59. The number of rotatable bonds is 7. The number of halogens is 3. The molecule has 1 heterocycles. The van der Waals surface area contributed by atoms with Gasteiger partial charge in [0.1, 0.15) is 5.75 Å². The Morgan fingerprint density at radius 3 is 2.52 bits per heavy atom. The summed E-state index contributed by atoms with van der Waals surface area (Å²) < 4.78 is 45.6. The van der Waals surface area contributed by atoms with Crippen molar-refractivity contribution in [1.29, 1.82) is 0 Å². The maximum absolute atomic E-state index is 12.2. The van der Waals surface area contributed by atoms with E-state index in [2.05, 4.69) is 10.1 Å². The average molecular weight is 361 g/mol. The lowest BCUT2D eigenvalue weighted by Gasteiger charge is -2.19. The minimum atomic E-state index is -4.81. The van der Waals surface area contributed by atoms with Crippen LogP contribution in [-0.2, 0) is 14.3 Å². The van der Waals surface area contributed by atoms with Crippen LogP contribution in [0.5, 0.6) is 5.75 Å². The molecular weight excluding hydrogens is 343 g/mol. The van der Waals surface area contributed by atoms with E-state index >= 15 is 0 Å². The molecule has 2 rings (SSSR count). The third kappa shape index (κ3) is 6.61. The van der Waals surface area contributed by atoms with Crippen molar-refractivity contribution in [1.82, 2.24) is 5.32 Å². The summed E-state index contributed by atoms with van der Waals surface area (Å²) in [5.41, 5.74) is 0.373. The average Bonchev–Trinajstić information content (AvgIpc) is 2.98. The number of carboxylic acid groups (broad SMARTS) is 1. The first kappa shape index (κ1) is 19.0. The maximum atomic E-state index is 12.2. The zero-order valence-corrected chi connectivity index (χ0v) is 13.2. The highest BCUT2D eigenvalue weighted by Gasteiger charge is 2.31. The molecule has 1 aliphatic heterocycles. The molecule has 1 saturated heterocycles. The first-order chi connectivity index (χ1) is 11.7. The van der Waals surface area contributed by atoms with Crippen LogP contribution in [0.1, 0.15) is 37.3 Å². The number of ether oxygens (including phenoxy) is 2. The van der Waals surface area contributed by atoms with Crippen LogP contribution >= 0.6 is 0 Å². The molecule has 0 aromatic heterocycles. The van der Waals surface area contributed by atoms with E-state index in [0.717, 1.165) is 25.0 Å². The molecule has 1 amide bonds. The van der Waals surface area contributed by atoms with Crippen molar-refractivity contribution in [3.05, 3.63) is 29.8 Å². The molecule has 1 aromatic carbocycles. The topological polar surface area (TPSA) is 84.9 Å². The summed E-state index contributed by atoms with van der Waals surface area (Å²) in [4.78, 5) is 23.1. The Kier molecular flexibility index (Phi) is 6.24. The fourth-order valence-electron chi connectivity index (χ4n) is 2.59. The number of hydrogen-bond donors (Lipinski definition) is 2. The molecule has 6 nitrogen and oxygen atoms in total. The van der Waals surface area contributed by atoms with E-state index in [1.54, 1.807) is 0 Å². The molecule has 0 spiro atoms. The quantitative estimate of drug-likeness (QED) is 0.780. The molecule has 2 atom stereocenters. The van der Waals surface area contributed by atoms with Crippen LogP contribution in [0.3, 0.4) is 0 Å². The van der Waals surface area contributed by atoms with Gasteiger partial charge in [0, 0.05) is 6.61 Å². The third-order valence-corrected chi connectivity index (χ3v) is 3.67. The summed E-state index contributed by atoms with van der Waals surface area (Å²) in [6, 6.07) is 3.88. The largest absolute Gasteiger partial charge is 0.573 e. The highest BCUT2D eigenvalue weighted by atomic mass is 19.4. The van der Waals surface area contributed by atoms with Gasteiger partial charge in [-0.2, -0.15) is 0 Å². The molecule has 0 saturated carbocycles. The van der Waals surface area contributed by atoms with E-state index in [4.69, 9.17) is 9.84 Å². The number of nitrogens with one attached hydrogen (secondary N) is 1. The van der Waals surface area contributed by atoms with Gasteiger partial charge in [0.05, 0.1) is 25.0 Å². The molecule has 25 heavy (non-hydrogen) atoms. The Morgan fingerprint density at radius 1 is 1.32 bits per heavy atom. The number of amides is 1. The summed E-state index contributed by atoms with van der Waals surface area (Å²) in [6.45, 7) is 0.594. The predicted octanol–water partition coefficient (Wildman–Crippen LogP) is 2.79. The van der Waals surface area contributed by atoms with Crippen LogP contribution in [-0.4, -0.2) is 36.1 Å². The van der Waals surface area contributed by atoms with Crippen molar-refractivity contribution in [2.45, 2.75) is 44.2 Å². The van der Waals surface area contributed by atoms with Crippen molar-refractivity contribution in [2.75, 3.05) is 6.61 Å². The Morgan fingerprint density at radius 2 is 2.00 bits per heavy atom. The van der Waals surface area contributed by atoms with Gasteiger partial charge in [-0.05, 0) is 30.5 Å². The van der Waals surface area contributed by atoms with Gasteiger partial charge in [0.2, 0.25) is 5.91 Å². The Labute approximate surface area is 141 Å². The normalized spacial score (nSPS) is 18.6. The molecule has 0 aliphatic carbocycles. The Balaban J connectivity index is 2.02. The van der Waals surface area contributed by atoms with Crippen molar-refractivity contribution >= 4 is 11.9 Å². The maximum Gasteiger partial charge on any atom is 0.573 e. The van der Waals surface area contributed by atoms with E-state index < -0.39 is 30.5 Å². The number of hydrogen-bond acceptors (Lipinski definition) is 4. The first-order valence-electron chi connectivity index (χ1n) is 7.71. The van der Waals surface area contributed by atoms with Gasteiger partial charge >= 0.3 is 12.3 Å². The molecule has 1 fully saturated rings. The summed E-state index contributed by atoms with van der Waals surface area (Å²) in [5.74, 6) is -1.93. The molecule has 138 valence electrons. The lowest BCUT2D eigenvalue weighted by atomic mass is 10.0. The van der Waals surface area contributed by atoms with E-state index in [1.165, 1.54) is 12.1 Å². The van der Waals surface area contributed by atoms with Gasteiger partial charge in [-0.3, -0.25) is 9.59 Å². The number of carbonyl (C=O) groups is 2. The van der Waals surface area contributed by atoms with Gasteiger partial charge < -0.3 is 19.9 Å². The molecule has 1 aromatic rings. The summed E-state index contributed by atoms with van der Waals surface area (Å²) in [5, 5.41) is 11.6. The smallest absolute Gasteiger partial charge is 0.481 e. The highest BCUT2D eigenvalue weighted by Crippen LogP contribution is 2.26. The number of carboxylic acids is 1. The molecule has 0 radical (unpaired) electrons. The van der Waals surface area contributed by atoms with E-state index in [0.29, 0.717) is 12.2 Å². The number of carbonyl (C=O) groups excluding carboxylic acids is 1. The summed E-state index contributed by atoms with van der Waals surface area (Å²) in [6.07, 6.45) is -3.63. The molecule has 1 aliphatic rings. The monoisotopic (exact) mass is 361 g/mol. The minimum Gasteiger partial charge on any atom is -0.481 e. The highest BCUT2D eigenvalue weighted by molar-refractivity contribution is 5.78. The molecule has 0 unspecified atom stereocenters. The van der Waals surface area contributed by atoms with Crippen molar-refractivity contribution < 1.29 is 37.3 Å². The van der Waals surface area contributed by atoms with E-state index in [9.17, 15) is 22.8 Å². The van der Waals surface area contributed by atoms with Crippen molar-refractivity contribution in [2.24, 2.45) is 0 Å². The van der Waals surface area contributed by atoms with Crippen LogP contribution in [0.15, 0.2) is 24.3 Å². The molecule has 9 heteroatoms. The Hall–Kier alpha value is -2.29. The summed E-state index contributed by atoms with van der Waals surface area (Å²) in [7, 11) is 0. The van der Waals surface area contributed by atoms with Crippen LogP contribution < -0.4 is 10.1 Å². The number of aliphatic carboxylic acids is 1. The Bertz CT molecular complexity index is 597.